The van der Waals surface area contributed by atoms with Crippen LogP contribution in [0.5, 0.6) is 0 Å². The van der Waals surface area contributed by atoms with Crippen LogP contribution in [-0.2, 0) is 4.74 Å². The maximum atomic E-state index is 12.5. The van der Waals surface area contributed by atoms with Crippen LogP contribution >= 0.6 is 0 Å². The molecule has 1 saturated carbocycles. The SMILES string of the molecule is CC[C@@H]1CCC[C@@H]1NC(=O)N1CCOC[C@H]1C[C@H](C)O. The number of aliphatic hydroxyl groups is 1. The molecule has 1 heterocycles. The molecule has 0 unspecified atom stereocenters. The van der Waals surface area contributed by atoms with Gasteiger partial charge in [0.1, 0.15) is 0 Å². The van der Waals surface area contributed by atoms with Crippen molar-refractivity contribution in [3.05, 3.63) is 0 Å². The fourth-order valence-corrected chi connectivity index (χ4v) is 3.47. The predicted octanol–water partition coefficient (Wildman–Crippen LogP) is 1.75. The maximum absolute atomic E-state index is 12.5. The molecule has 2 rings (SSSR count). The molecule has 2 N–H and O–H groups in total. The standard InChI is InChI=1S/C15H28N2O3/c1-3-12-5-4-6-14(12)16-15(19)17-7-8-20-10-13(17)9-11(2)18/h11-14,18H,3-10H2,1-2H3,(H,16,19)/t11-,12+,13+,14-/m0/s1. The Bertz CT molecular complexity index is 322. The van der Waals surface area contributed by atoms with E-state index in [1.807, 2.05) is 4.90 Å². The molecule has 2 fully saturated rings. The molecule has 20 heavy (non-hydrogen) atoms. The minimum Gasteiger partial charge on any atom is -0.393 e. The zero-order chi connectivity index (χ0) is 14.5. The van der Waals surface area contributed by atoms with Crippen molar-refractivity contribution < 1.29 is 14.6 Å². The van der Waals surface area contributed by atoms with Crippen molar-refractivity contribution >= 4 is 6.03 Å². The monoisotopic (exact) mass is 284 g/mol. The molecule has 116 valence electrons. The van der Waals surface area contributed by atoms with E-state index in [1.54, 1.807) is 6.92 Å². The Hall–Kier alpha value is -0.810. The molecule has 4 atom stereocenters. The largest absolute Gasteiger partial charge is 0.393 e. The summed E-state index contributed by atoms with van der Waals surface area (Å²) in [6.07, 6.45) is 4.83. The fraction of sp³-hybridized carbons (Fsp3) is 0.933. The topological polar surface area (TPSA) is 61.8 Å². The Morgan fingerprint density at radius 1 is 1.50 bits per heavy atom. The van der Waals surface area contributed by atoms with Gasteiger partial charge in [-0.2, -0.15) is 0 Å². The molecular weight excluding hydrogens is 256 g/mol. The van der Waals surface area contributed by atoms with Crippen LogP contribution in [0, 0.1) is 5.92 Å². The molecule has 0 aromatic carbocycles. The lowest BCUT2D eigenvalue weighted by Gasteiger charge is -2.37. The molecule has 0 radical (unpaired) electrons. The molecule has 0 spiro atoms. The highest BCUT2D eigenvalue weighted by molar-refractivity contribution is 5.75. The van der Waals surface area contributed by atoms with Gasteiger partial charge in [0, 0.05) is 12.6 Å². The molecule has 0 aromatic heterocycles. The lowest BCUT2D eigenvalue weighted by molar-refractivity contribution is -0.00504. The normalized spacial score (nSPS) is 32.1. The van der Waals surface area contributed by atoms with Gasteiger partial charge in [0.25, 0.3) is 0 Å². The van der Waals surface area contributed by atoms with E-state index in [9.17, 15) is 9.90 Å². The smallest absolute Gasteiger partial charge is 0.318 e. The zero-order valence-electron chi connectivity index (χ0n) is 12.7. The summed E-state index contributed by atoms with van der Waals surface area (Å²) in [5.41, 5.74) is 0. The number of rotatable bonds is 4. The van der Waals surface area contributed by atoms with Crippen molar-refractivity contribution in [2.75, 3.05) is 19.8 Å². The van der Waals surface area contributed by atoms with Gasteiger partial charge in [0.2, 0.25) is 0 Å². The second kappa shape index (κ2) is 7.27. The van der Waals surface area contributed by atoms with Crippen LogP contribution in [0.4, 0.5) is 4.79 Å². The van der Waals surface area contributed by atoms with Crippen LogP contribution in [0.1, 0.15) is 46.0 Å². The Morgan fingerprint density at radius 2 is 2.30 bits per heavy atom. The van der Waals surface area contributed by atoms with Crippen LogP contribution in [0.25, 0.3) is 0 Å². The lowest BCUT2D eigenvalue weighted by atomic mass is 10.0. The number of aliphatic hydroxyl groups excluding tert-OH is 1. The van der Waals surface area contributed by atoms with E-state index in [0.29, 0.717) is 38.1 Å². The molecule has 1 aliphatic heterocycles. The van der Waals surface area contributed by atoms with E-state index in [0.717, 1.165) is 12.8 Å². The van der Waals surface area contributed by atoms with E-state index < -0.39 is 6.10 Å². The van der Waals surface area contributed by atoms with Crippen LogP contribution in [-0.4, -0.2) is 54.0 Å². The Labute approximate surface area is 121 Å². The van der Waals surface area contributed by atoms with Crippen LogP contribution in [0.3, 0.4) is 0 Å². The summed E-state index contributed by atoms with van der Waals surface area (Å²) in [5.74, 6) is 0.621. The average molecular weight is 284 g/mol. The highest BCUT2D eigenvalue weighted by atomic mass is 16.5. The van der Waals surface area contributed by atoms with Gasteiger partial charge in [-0.25, -0.2) is 4.79 Å². The summed E-state index contributed by atoms with van der Waals surface area (Å²) in [4.78, 5) is 14.3. The first-order valence-electron chi connectivity index (χ1n) is 7.94. The summed E-state index contributed by atoms with van der Waals surface area (Å²) in [6.45, 7) is 5.69. The third kappa shape index (κ3) is 3.85. The Balaban J connectivity index is 1.91. The molecule has 0 bridgehead atoms. The molecule has 5 heteroatoms. The Kier molecular flexibility index (Phi) is 5.66. The van der Waals surface area contributed by atoms with E-state index in [4.69, 9.17) is 4.74 Å². The second-order valence-corrected chi connectivity index (χ2v) is 6.16. The first-order chi connectivity index (χ1) is 9.61. The van der Waals surface area contributed by atoms with Crippen molar-refractivity contribution in [3.63, 3.8) is 0 Å². The molecule has 2 aliphatic rings. The van der Waals surface area contributed by atoms with E-state index >= 15 is 0 Å². The molecule has 1 saturated heterocycles. The average Bonchev–Trinajstić information content (AvgIpc) is 2.85. The van der Waals surface area contributed by atoms with Gasteiger partial charge in [-0.3, -0.25) is 0 Å². The van der Waals surface area contributed by atoms with E-state index in [2.05, 4.69) is 12.2 Å². The van der Waals surface area contributed by atoms with Gasteiger partial charge in [0.05, 0.1) is 25.4 Å². The van der Waals surface area contributed by atoms with Crippen molar-refractivity contribution in [3.8, 4) is 0 Å². The number of hydrogen-bond acceptors (Lipinski definition) is 3. The first kappa shape index (κ1) is 15.6. The first-order valence-corrected chi connectivity index (χ1v) is 7.94. The maximum Gasteiger partial charge on any atom is 0.318 e. The van der Waals surface area contributed by atoms with Gasteiger partial charge in [-0.15, -0.1) is 0 Å². The van der Waals surface area contributed by atoms with Crippen LogP contribution < -0.4 is 5.32 Å². The summed E-state index contributed by atoms with van der Waals surface area (Å²) in [7, 11) is 0. The number of nitrogens with zero attached hydrogens (tertiary/aromatic N) is 1. The Morgan fingerprint density at radius 3 is 3.00 bits per heavy atom. The number of ether oxygens (including phenoxy) is 1. The summed E-state index contributed by atoms with van der Waals surface area (Å²) < 4.78 is 5.44. The molecule has 0 aromatic rings. The van der Waals surface area contributed by atoms with Crippen molar-refractivity contribution in [1.29, 1.82) is 0 Å². The van der Waals surface area contributed by atoms with Crippen LogP contribution in [0.2, 0.25) is 0 Å². The van der Waals surface area contributed by atoms with Crippen molar-refractivity contribution in [2.24, 2.45) is 5.92 Å². The van der Waals surface area contributed by atoms with Gasteiger partial charge >= 0.3 is 6.03 Å². The number of carbonyl (C=O) groups excluding carboxylic acids is 1. The van der Waals surface area contributed by atoms with Gasteiger partial charge in [-0.1, -0.05) is 19.8 Å². The highest BCUT2D eigenvalue weighted by Crippen LogP contribution is 2.28. The number of amides is 2. The minimum absolute atomic E-state index is 0.00905. The summed E-state index contributed by atoms with van der Waals surface area (Å²) >= 11 is 0. The quantitative estimate of drug-likeness (QED) is 0.826. The predicted molar refractivity (Wildman–Crippen MR) is 77.6 cm³/mol. The van der Waals surface area contributed by atoms with Crippen LogP contribution in [0.15, 0.2) is 0 Å². The second-order valence-electron chi connectivity index (χ2n) is 6.16. The fourth-order valence-electron chi connectivity index (χ4n) is 3.47. The van der Waals surface area contributed by atoms with Gasteiger partial charge in [-0.05, 0) is 32.1 Å². The molecule has 1 aliphatic carbocycles. The number of hydrogen-bond donors (Lipinski definition) is 2. The van der Waals surface area contributed by atoms with E-state index in [-0.39, 0.29) is 12.1 Å². The minimum atomic E-state index is -0.410. The summed E-state index contributed by atoms with van der Waals surface area (Å²) in [5, 5.41) is 12.8. The van der Waals surface area contributed by atoms with Crippen molar-refractivity contribution in [1.82, 2.24) is 10.2 Å². The van der Waals surface area contributed by atoms with Gasteiger partial charge < -0.3 is 20.1 Å². The third-order valence-corrected chi connectivity index (χ3v) is 4.59. The number of carbonyl (C=O) groups is 1. The number of nitrogens with one attached hydrogen (secondary N) is 1. The summed E-state index contributed by atoms with van der Waals surface area (Å²) in [6, 6.07) is 0.331. The zero-order valence-corrected chi connectivity index (χ0v) is 12.7. The molecule has 5 nitrogen and oxygen atoms in total. The molecular formula is C15H28N2O3. The number of morpholine rings is 1. The molecule has 2 amide bonds. The van der Waals surface area contributed by atoms with E-state index in [1.165, 1.54) is 12.8 Å². The number of urea groups is 1. The van der Waals surface area contributed by atoms with Crippen molar-refractivity contribution in [2.45, 2.75) is 64.1 Å². The van der Waals surface area contributed by atoms with Gasteiger partial charge in [0.15, 0.2) is 0 Å². The highest BCUT2D eigenvalue weighted by Gasteiger charge is 2.32. The lowest BCUT2D eigenvalue weighted by Crippen LogP contribution is -2.55. The third-order valence-electron chi connectivity index (χ3n) is 4.59.